The van der Waals surface area contributed by atoms with Crippen LogP contribution in [-0.2, 0) is 19.5 Å². The van der Waals surface area contributed by atoms with E-state index in [1.807, 2.05) is 6.07 Å². The molecule has 1 aliphatic rings. The zero-order valence-corrected chi connectivity index (χ0v) is 11.7. The molecular formula is C16H17BFNO2. The van der Waals surface area contributed by atoms with Gasteiger partial charge < -0.3 is 10.0 Å². The Hall–Kier alpha value is -1.69. The Balaban J connectivity index is 1.79. The standard InChI is InChI=1S/C16H17BFNO2/c18-15-6-5-14(16(9-15)17(20)21)11-19-8-7-12-3-1-2-4-13(12)10-19/h1-6,9,20-21H,7-8,10-11H2. The summed E-state index contributed by atoms with van der Waals surface area (Å²) in [5, 5.41) is 18.8. The molecule has 0 saturated carbocycles. The van der Waals surface area contributed by atoms with E-state index >= 15 is 0 Å². The van der Waals surface area contributed by atoms with Gasteiger partial charge in [0.1, 0.15) is 5.82 Å². The first-order valence-electron chi connectivity index (χ1n) is 7.07. The molecule has 2 aromatic rings. The van der Waals surface area contributed by atoms with Crippen LogP contribution in [0.3, 0.4) is 0 Å². The summed E-state index contributed by atoms with van der Waals surface area (Å²) in [4.78, 5) is 2.24. The van der Waals surface area contributed by atoms with Crippen molar-refractivity contribution in [3.05, 3.63) is 65.0 Å². The van der Waals surface area contributed by atoms with Crippen LogP contribution in [0.25, 0.3) is 0 Å². The molecule has 0 bridgehead atoms. The van der Waals surface area contributed by atoms with Crippen molar-refractivity contribution in [1.82, 2.24) is 4.90 Å². The fourth-order valence-corrected chi connectivity index (χ4v) is 2.88. The van der Waals surface area contributed by atoms with Crippen LogP contribution in [-0.4, -0.2) is 28.6 Å². The van der Waals surface area contributed by atoms with Gasteiger partial charge in [-0.2, -0.15) is 0 Å². The number of hydrogen-bond acceptors (Lipinski definition) is 3. The van der Waals surface area contributed by atoms with Gasteiger partial charge in [0.25, 0.3) is 0 Å². The maximum absolute atomic E-state index is 13.2. The Kier molecular flexibility index (Phi) is 4.06. The van der Waals surface area contributed by atoms with E-state index in [1.165, 1.54) is 23.3 Å². The molecule has 0 unspecified atom stereocenters. The highest BCUT2D eigenvalue weighted by molar-refractivity contribution is 6.59. The van der Waals surface area contributed by atoms with E-state index in [9.17, 15) is 14.4 Å². The lowest BCUT2D eigenvalue weighted by Gasteiger charge is -2.29. The molecule has 0 spiro atoms. The number of fused-ring (bicyclic) bond motifs is 1. The van der Waals surface area contributed by atoms with E-state index in [-0.39, 0.29) is 5.46 Å². The van der Waals surface area contributed by atoms with Gasteiger partial charge in [0, 0.05) is 19.6 Å². The first-order chi connectivity index (χ1) is 10.1. The first kappa shape index (κ1) is 14.3. The van der Waals surface area contributed by atoms with E-state index in [0.29, 0.717) is 6.54 Å². The Morgan fingerprint density at radius 3 is 2.62 bits per heavy atom. The minimum atomic E-state index is -1.65. The molecule has 3 nitrogen and oxygen atoms in total. The summed E-state index contributed by atoms with van der Waals surface area (Å²) in [6.45, 7) is 2.32. The largest absolute Gasteiger partial charge is 0.488 e. The molecule has 0 amide bonds. The average molecular weight is 285 g/mol. The van der Waals surface area contributed by atoms with Crippen molar-refractivity contribution in [3.8, 4) is 0 Å². The van der Waals surface area contributed by atoms with Gasteiger partial charge in [0.2, 0.25) is 0 Å². The second kappa shape index (κ2) is 5.97. The van der Waals surface area contributed by atoms with E-state index in [0.717, 1.165) is 25.1 Å². The molecule has 0 saturated heterocycles. The van der Waals surface area contributed by atoms with Gasteiger partial charge in [0.15, 0.2) is 0 Å². The summed E-state index contributed by atoms with van der Waals surface area (Å²) in [6.07, 6.45) is 0.981. The van der Waals surface area contributed by atoms with Crippen molar-refractivity contribution in [3.63, 3.8) is 0 Å². The Morgan fingerprint density at radius 2 is 1.86 bits per heavy atom. The Bertz CT molecular complexity index is 648. The summed E-state index contributed by atoms with van der Waals surface area (Å²) < 4.78 is 13.2. The predicted octanol–water partition coefficient (Wildman–Crippen LogP) is 1.06. The van der Waals surface area contributed by atoms with Crippen molar-refractivity contribution >= 4 is 12.6 Å². The quantitative estimate of drug-likeness (QED) is 0.829. The lowest BCUT2D eigenvalue weighted by molar-refractivity contribution is 0.246. The summed E-state index contributed by atoms with van der Waals surface area (Å²) in [5.41, 5.74) is 3.67. The minimum absolute atomic E-state index is 0.244. The normalized spacial score (nSPS) is 14.8. The molecule has 2 aromatic carbocycles. The van der Waals surface area contributed by atoms with Crippen molar-refractivity contribution in [2.75, 3.05) is 6.54 Å². The van der Waals surface area contributed by atoms with Gasteiger partial charge >= 0.3 is 7.12 Å². The molecule has 2 N–H and O–H groups in total. The third kappa shape index (κ3) is 3.15. The van der Waals surface area contributed by atoms with Gasteiger partial charge in [0.05, 0.1) is 0 Å². The van der Waals surface area contributed by atoms with E-state index in [4.69, 9.17) is 0 Å². The number of hydrogen-bond donors (Lipinski definition) is 2. The Labute approximate surface area is 123 Å². The highest BCUT2D eigenvalue weighted by Gasteiger charge is 2.21. The summed E-state index contributed by atoms with van der Waals surface area (Å²) >= 11 is 0. The second-order valence-corrected chi connectivity index (χ2v) is 5.45. The second-order valence-electron chi connectivity index (χ2n) is 5.45. The molecule has 21 heavy (non-hydrogen) atoms. The van der Waals surface area contributed by atoms with Crippen molar-refractivity contribution in [2.24, 2.45) is 0 Å². The van der Waals surface area contributed by atoms with Gasteiger partial charge in [-0.25, -0.2) is 4.39 Å². The molecule has 108 valence electrons. The highest BCUT2D eigenvalue weighted by atomic mass is 19.1. The van der Waals surface area contributed by atoms with Crippen LogP contribution in [0.4, 0.5) is 4.39 Å². The van der Waals surface area contributed by atoms with Crippen molar-refractivity contribution in [2.45, 2.75) is 19.5 Å². The van der Waals surface area contributed by atoms with Crippen LogP contribution in [0, 0.1) is 5.82 Å². The van der Waals surface area contributed by atoms with Crippen molar-refractivity contribution < 1.29 is 14.4 Å². The lowest BCUT2D eigenvalue weighted by Crippen LogP contribution is -2.37. The molecule has 3 rings (SSSR count). The average Bonchev–Trinajstić information content (AvgIpc) is 2.49. The zero-order chi connectivity index (χ0) is 14.8. The van der Waals surface area contributed by atoms with E-state index in [2.05, 4.69) is 23.1 Å². The van der Waals surface area contributed by atoms with Crippen LogP contribution in [0.15, 0.2) is 42.5 Å². The maximum atomic E-state index is 13.2. The van der Waals surface area contributed by atoms with Crippen molar-refractivity contribution in [1.29, 1.82) is 0 Å². The maximum Gasteiger partial charge on any atom is 0.488 e. The number of rotatable bonds is 3. The summed E-state index contributed by atoms with van der Waals surface area (Å²) in [7, 11) is -1.65. The monoisotopic (exact) mass is 285 g/mol. The molecule has 0 aliphatic carbocycles. The third-order valence-electron chi connectivity index (χ3n) is 3.99. The van der Waals surface area contributed by atoms with Crippen LogP contribution in [0.5, 0.6) is 0 Å². The predicted molar refractivity (Wildman–Crippen MR) is 80.5 cm³/mol. The zero-order valence-electron chi connectivity index (χ0n) is 11.7. The van der Waals surface area contributed by atoms with E-state index in [1.54, 1.807) is 6.07 Å². The Morgan fingerprint density at radius 1 is 1.10 bits per heavy atom. The van der Waals surface area contributed by atoms with Crippen LogP contribution < -0.4 is 5.46 Å². The summed E-state index contributed by atoms with van der Waals surface area (Å²) in [6, 6.07) is 12.5. The first-order valence-corrected chi connectivity index (χ1v) is 7.07. The molecule has 5 heteroatoms. The lowest BCUT2D eigenvalue weighted by atomic mass is 9.76. The van der Waals surface area contributed by atoms with Gasteiger partial charge in [-0.1, -0.05) is 30.3 Å². The smallest absolute Gasteiger partial charge is 0.423 e. The molecule has 1 aliphatic heterocycles. The van der Waals surface area contributed by atoms with Crippen LogP contribution in [0.1, 0.15) is 16.7 Å². The fourth-order valence-electron chi connectivity index (χ4n) is 2.88. The number of halogens is 1. The molecule has 0 radical (unpaired) electrons. The number of benzene rings is 2. The summed E-state index contributed by atoms with van der Waals surface area (Å²) in [5.74, 6) is -0.453. The molecular weight excluding hydrogens is 268 g/mol. The molecule has 0 fully saturated rings. The van der Waals surface area contributed by atoms with Gasteiger partial charge in [-0.15, -0.1) is 0 Å². The molecule has 0 atom stereocenters. The van der Waals surface area contributed by atoms with Crippen LogP contribution in [0.2, 0.25) is 0 Å². The topological polar surface area (TPSA) is 43.7 Å². The highest BCUT2D eigenvalue weighted by Crippen LogP contribution is 2.20. The van der Waals surface area contributed by atoms with Gasteiger partial charge in [-0.05, 0) is 40.7 Å². The SMILES string of the molecule is OB(O)c1cc(F)ccc1CN1CCc2ccccc2C1. The van der Waals surface area contributed by atoms with Crippen LogP contribution >= 0.6 is 0 Å². The minimum Gasteiger partial charge on any atom is -0.423 e. The van der Waals surface area contributed by atoms with E-state index < -0.39 is 12.9 Å². The fraction of sp³-hybridized carbons (Fsp3) is 0.250. The third-order valence-corrected chi connectivity index (χ3v) is 3.99. The molecule has 0 aromatic heterocycles. The number of nitrogens with zero attached hydrogens (tertiary/aromatic N) is 1. The van der Waals surface area contributed by atoms with Gasteiger partial charge in [-0.3, -0.25) is 4.90 Å². The molecule has 1 heterocycles.